The molecular formula is C22H20N4. The number of hydrogen-bond acceptors (Lipinski definition) is 3. The maximum Gasteiger partial charge on any atom is 0.154 e. The minimum atomic E-state index is 0.823. The Bertz CT molecular complexity index is 1120. The lowest BCUT2D eigenvalue weighted by Gasteiger charge is -2.07. The fraction of sp³-hybridized carbons (Fsp3) is 0.136. The lowest BCUT2D eigenvalue weighted by molar-refractivity contribution is 0.867. The van der Waals surface area contributed by atoms with Crippen LogP contribution < -0.4 is 0 Å². The van der Waals surface area contributed by atoms with Gasteiger partial charge in [-0.2, -0.15) is 5.10 Å². The van der Waals surface area contributed by atoms with E-state index in [-0.39, 0.29) is 0 Å². The summed E-state index contributed by atoms with van der Waals surface area (Å²) in [5.74, 6) is 0.823. The van der Waals surface area contributed by atoms with Crippen molar-refractivity contribution in [1.29, 1.82) is 0 Å². The fourth-order valence-electron chi connectivity index (χ4n) is 2.97. The van der Waals surface area contributed by atoms with Crippen LogP contribution in [0.5, 0.6) is 0 Å². The van der Waals surface area contributed by atoms with Crippen molar-refractivity contribution in [3.63, 3.8) is 0 Å². The van der Waals surface area contributed by atoms with Crippen LogP contribution in [0.15, 0.2) is 66.9 Å². The number of allylic oxidation sites excluding steroid dienone is 2. The molecule has 0 unspecified atom stereocenters. The molecule has 4 rings (SSSR count). The Morgan fingerprint density at radius 3 is 2.65 bits per heavy atom. The summed E-state index contributed by atoms with van der Waals surface area (Å²) in [6.45, 7) is 6.09. The number of hydrogen-bond donors (Lipinski definition) is 0. The van der Waals surface area contributed by atoms with Crippen LogP contribution >= 0.6 is 0 Å². The summed E-state index contributed by atoms with van der Waals surface area (Å²) < 4.78 is 1.88. The molecule has 3 aromatic heterocycles. The molecular weight excluding hydrogens is 320 g/mol. The molecule has 1 aromatic carbocycles. The van der Waals surface area contributed by atoms with E-state index in [1.54, 1.807) is 0 Å². The fourth-order valence-corrected chi connectivity index (χ4v) is 2.97. The zero-order valence-electron chi connectivity index (χ0n) is 15.1. The summed E-state index contributed by atoms with van der Waals surface area (Å²) in [6, 6.07) is 18.4. The number of pyridine rings is 2. The molecule has 0 amide bonds. The second kappa shape index (κ2) is 6.56. The van der Waals surface area contributed by atoms with Crippen LogP contribution in [-0.2, 0) is 0 Å². The van der Waals surface area contributed by atoms with E-state index in [1.807, 2.05) is 61.1 Å². The predicted octanol–water partition coefficient (Wildman–Crippen LogP) is 5.21. The van der Waals surface area contributed by atoms with Gasteiger partial charge in [0.2, 0.25) is 0 Å². The molecule has 0 bridgehead atoms. The molecule has 0 aliphatic rings. The van der Waals surface area contributed by atoms with Gasteiger partial charge >= 0.3 is 0 Å². The Morgan fingerprint density at radius 2 is 1.85 bits per heavy atom. The Kier molecular flexibility index (Phi) is 4.09. The van der Waals surface area contributed by atoms with E-state index < -0.39 is 0 Å². The van der Waals surface area contributed by atoms with E-state index >= 15 is 0 Å². The van der Waals surface area contributed by atoms with Gasteiger partial charge in [-0.15, -0.1) is 0 Å². The number of aromatic nitrogens is 4. The molecule has 26 heavy (non-hydrogen) atoms. The first-order valence-corrected chi connectivity index (χ1v) is 8.68. The number of nitrogens with zero attached hydrogens (tertiary/aromatic N) is 4. The lowest BCUT2D eigenvalue weighted by atomic mass is 10.1. The largest absolute Gasteiger partial charge is 0.248 e. The van der Waals surface area contributed by atoms with Gasteiger partial charge in [-0.1, -0.05) is 30.3 Å². The monoisotopic (exact) mass is 340 g/mol. The van der Waals surface area contributed by atoms with E-state index in [0.717, 1.165) is 39.4 Å². The molecule has 4 aromatic rings. The SMILES string of the molecule is C/C=C(/C)c1cccc(-c2ccc3cnn(-c4cccc(C)n4)c3c2)n1. The Morgan fingerprint density at radius 1 is 1.00 bits per heavy atom. The lowest BCUT2D eigenvalue weighted by Crippen LogP contribution is -2.00. The zero-order valence-corrected chi connectivity index (χ0v) is 15.1. The predicted molar refractivity (Wildman–Crippen MR) is 106 cm³/mol. The van der Waals surface area contributed by atoms with Gasteiger partial charge in [0.25, 0.3) is 0 Å². The van der Waals surface area contributed by atoms with E-state index in [1.165, 1.54) is 5.57 Å². The molecule has 128 valence electrons. The minimum absolute atomic E-state index is 0.823. The number of aryl methyl sites for hydroxylation is 1. The van der Waals surface area contributed by atoms with Crippen molar-refractivity contribution in [3.8, 4) is 17.1 Å². The topological polar surface area (TPSA) is 43.6 Å². The molecule has 0 fully saturated rings. The standard InChI is InChI=1S/C22H20N4/c1-4-15(2)19-8-6-9-20(25-19)17-11-12-18-14-23-26(21(18)13-17)22-10-5-7-16(3)24-22/h4-14H,1-3H3/b15-4-. The normalized spacial score (nSPS) is 11.9. The quantitative estimate of drug-likeness (QED) is 0.514. The van der Waals surface area contributed by atoms with Crippen LogP contribution in [0.4, 0.5) is 0 Å². The van der Waals surface area contributed by atoms with Gasteiger partial charge in [-0.3, -0.25) is 0 Å². The van der Waals surface area contributed by atoms with Gasteiger partial charge in [0.1, 0.15) is 0 Å². The molecule has 0 radical (unpaired) electrons. The summed E-state index contributed by atoms with van der Waals surface area (Å²) in [5, 5.41) is 5.61. The van der Waals surface area contributed by atoms with Crippen LogP contribution in [0.3, 0.4) is 0 Å². The average Bonchev–Trinajstić information content (AvgIpc) is 3.10. The number of fused-ring (bicyclic) bond motifs is 1. The smallest absolute Gasteiger partial charge is 0.154 e. The third-order valence-electron chi connectivity index (χ3n) is 4.54. The zero-order chi connectivity index (χ0) is 18.1. The molecule has 0 atom stereocenters. The first-order valence-electron chi connectivity index (χ1n) is 8.68. The highest BCUT2D eigenvalue weighted by Gasteiger charge is 2.09. The molecule has 3 heterocycles. The van der Waals surface area contributed by atoms with Gasteiger partial charge in [-0.25, -0.2) is 14.6 Å². The summed E-state index contributed by atoms with van der Waals surface area (Å²) in [4.78, 5) is 9.40. The first kappa shape index (κ1) is 16.2. The first-order chi connectivity index (χ1) is 12.7. The Balaban J connectivity index is 1.85. The maximum atomic E-state index is 4.81. The number of benzene rings is 1. The van der Waals surface area contributed by atoms with Crippen molar-refractivity contribution in [2.45, 2.75) is 20.8 Å². The van der Waals surface area contributed by atoms with Gasteiger partial charge < -0.3 is 0 Å². The van der Waals surface area contributed by atoms with Crippen LogP contribution in [0.25, 0.3) is 33.6 Å². The molecule has 0 saturated heterocycles. The summed E-state index contributed by atoms with van der Waals surface area (Å²) in [6.07, 6.45) is 3.95. The van der Waals surface area contributed by atoms with Crippen LogP contribution in [0, 0.1) is 6.92 Å². The van der Waals surface area contributed by atoms with Gasteiger partial charge in [-0.05, 0) is 56.7 Å². The van der Waals surface area contributed by atoms with Crippen LogP contribution in [0.1, 0.15) is 25.2 Å². The molecule has 0 spiro atoms. The van der Waals surface area contributed by atoms with E-state index in [2.05, 4.69) is 41.3 Å². The van der Waals surface area contributed by atoms with Crippen LogP contribution in [-0.4, -0.2) is 19.7 Å². The van der Waals surface area contributed by atoms with Crippen molar-refractivity contribution < 1.29 is 0 Å². The highest BCUT2D eigenvalue weighted by Crippen LogP contribution is 2.25. The summed E-state index contributed by atoms with van der Waals surface area (Å²) >= 11 is 0. The molecule has 4 heteroatoms. The van der Waals surface area contributed by atoms with Crippen molar-refractivity contribution >= 4 is 16.5 Å². The minimum Gasteiger partial charge on any atom is -0.248 e. The molecule has 0 aliphatic carbocycles. The van der Waals surface area contributed by atoms with Gasteiger partial charge in [0, 0.05) is 16.6 Å². The summed E-state index contributed by atoms with van der Waals surface area (Å²) in [7, 11) is 0. The highest BCUT2D eigenvalue weighted by atomic mass is 15.3. The molecule has 4 nitrogen and oxygen atoms in total. The Labute approximate surface area is 152 Å². The highest BCUT2D eigenvalue weighted by molar-refractivity contribution is 5.85. The van der Waals surface area contributed by atoms with Gasteiger partial charge in [0.15, 0.2) is 5.82 Å². The Hall–Kier alpha value is -3.27. The average molecular weight is 340 g/mol. The van der Waals surface area contributed by atoms with Crippen LogP contribution in [0.2, 0.25) is 0 Å². The van der Waals surface area contributed by atoms with E-state index in [9.17, 15) is 0 Å². The van der Waals surface area contributed by atoms with Crippen molar-refractivity contribution in [2.24, 2.45) is 0 Å². The van der Waals surface area contributed by atoms with Gasteiger partial charge in [0.05, 0.1) is 23.1 Å². The molecule has 0 saturated carbocycles. The second-order valence-corrected chi connectivity index (χ2v) is 6.35. The number of rotatable bonds is 3. The maximum absolute atomic E-state index is 4.81. The van der Waals surface area contributed by atoms with E-state index in [4.69, 9.17) is 4.98 Å². The van der Waals surface area contributed by atoms with E-state index in [0.29, 0.717) is 0 Å². The molecule has 0 N–H and O–H groups in total. The van der Waals surface area contributed by atoms with Crippen molar-refractivity contribution in [3.05, 3.63) is 78.3 Å². The third-order valence-corrected chi connectivity index (χ3v) is 4.54. The molecule has 0 aliphatic heterocycles. The van der Waals surface area contributed by atoms with Crippen molar-refractivity contribution in [1.82, 2.24) is 19.7 Å². The third kappa shape index (κ3) is 2.90. The summed E-state index contributed by atoms with van der Waals surface area (Å²) in [5.41, 5.74) is 6.18. The van der Waals surface area contributed by atoms with Crippen molar-refractivity contribution in [2.75, 3.05) is 0 Å². The second-order valence-electron chi connectivity index (χ2n) is 6.35.